The molecule has 4 nitrogen and oxygen atoms in total. The van der Waals surface area contributed by atoms with E-state index in [1.54, 1.807) is 24.3 Å². The highest BCUT2D eigenvalue weighted by molar-refractivity contribution is 7.14. The van der Waals surface area contributed by atoms with Crippen molar-refractivity contribution >= 4 is 34.0 Å². The maximum Gasteiger partial charge on any atom is 0.258 e. The molecule has 1 saturated heterocycles. The molecule has 0 unspecified atom stereocenters. The van der Waals surface area contributed by atoms with Gasteiger partial charge in [0.05, 0.1) is 16.3 Å². The minimum atomic E-state index is -0.219. The van der Waals surface area contributed by atoms with E-state index in [1.807, 2.05) is 5.38 Å². The number of thiazole rings is 1. The molecule has 0 bridgehead atoms. The maximum atomic E-state index is 12.2. The van der Waals surface area contributed by atoms with Crippen molar-refractivity contribution in [2.45, 2.75) is 26.3 Å². The van der Waals surface area contributed by atoms with Crippen LogP contribution in [-0.4, -0.2) is 28.9 Å². The number of anilines is 1. The molecule has 6 heteroatoms. The Morgan fingerprint density at radius 1 is 1.48 bits per heavy atom. The molecule has 23 heavy (non-hydrogen) atoms. The van der Waals surface area contributed by atoms with E-state index < -0.39 is 0 Å². The second-order valence-electron chi connectivity index (χ2n) is 6.06. The van der Waals surface area contributed by atoms with Crippen molar-refractivity contribution in [3.63, 3.8) is 0 Å². The van der Waals surface area contributed by atoms with Crippen molar-refractivity contribution in [2.24, 2.45) is 5.92 Å². The van der Waals surface area contributed by atoms with Gasteiger partial charge in [-0.1, -0.05) is 30.7 Å². The third-order valence-corrected chi connectivity index (χ3v) is 5.15. The second kappa shape index (κ2) is 7.43. The van der Waals surface area contributed by atoms with Gasteiger partial charge in [0.15, 0.2) is 5.13 Å². The first-order chi connectivity index (χ1) is 11.1. The Kier molecular flexibility index (Phi) is 5.30. The van der Waals surface area contributed by atoms with Crippen LogP contribution in [0.1, 0.15) is 35.8 Å². The minimum Gasteiger partial charge on any atom is -0.298 e. The summed E-state index contributed by atoms with van der Waals surface area (Å²) >= 11 is 7.50. The Bertz CT molecular complexity index is 688. The summed E-state index contributed by atoms with van der Waals surface area (Å²) < 4.78 is 0. The van der Waals surface area contributed by atoms with Gasteiger partial charge in [-0.3, -0.25) is 15.0 Å². The second-order valence-corrected chi connectivity index (χ2v) is 7.33. The summed E-state index contributed by atoms with van der Waals surface area (Å²) in [5.74, 6) is 0.532. The van der Waals surface area contributed by atoms with Crippen LogP contribution in [0.15, 0.2) is 29.6 Å². The molecule has 1 aliphatic rings. The smallest absolute Gasteiger partial charge is 0.258 e. The number of aromatic nitrogens is 1. The lowest BCUT2D eigenvalue weighted by Crippen LogP contribution is -2.33. The summed E-state index contributed by atoms with van der Waals surface area (Å²) in [7, 11) is 0. The van der Waals surface area contributed by atoms with Crippen LogP contribution in [0.5, 0.6) is 0 Å². The molecule has 1 aromatic heterocycles. The molecule has 1 fully saturated rings. The number of hydrogen-bond donors (Lipinski definition) is 1. The van der Waals surface area contributed by atoms with E-state index in [4.69, 9.17) is 11.6 Å². The first-order valence-electron chi connectivity index (χ1n) is 7.84. The van der Waals surface area contributed by atoms with Crippen LogP contribution in [0, 0.1) is 5.92 Å². The molecule has 1 atom stereocenters. The van der Waals surface area contributed by atoms with Gasteiger partial charge in [0.25, 0.3) is 5.91 Å². The molecule has 1 aromatic carbocycles. The van der Waals surface area contributed by atoms with Crippen LogP contribution in [0.2, 0.25) is 5.02 Å². The van der Waals surface area contributed by atoms with Crippen molar-refractivity contribution in [1.82, 2.24) is 9.88 Å². The molecule has 0 spiro atoms. The third-order valence-electron chi connectivity index (χ3n) is 4.02. The number of piperidine rings is 1. The topological polar surface area (TPSA) is 45.2 Å². The molecule has 1 amide bonds. The highest BCUT2D eigenvalue weighted by Gasteiger charge is 2.18. The molecule has 3 rings (SSSR count). The minimum absolute atomic E-state index is 0.219. The number of nitrogens with zero attached hydrogens (tertiary/aromatic N) is 2. The largest absolute Gasteiger partial charge is 0.298 e. The van der Waals surface area contributed by atoms with E-state index in [0.717, 1.165) is 31.2 Å². The highest BCUT2D eigenvalue weighted by atomic mass is 35.5. The number of hydrogen-bond acceptors (Lipinski definition) is 4. The molecule has 1 aliphatic heterocycles. The molecule has 1 N–H and O–H groups in total. The van der Waals surface area contributed by atoms with Gasteiger partial charge in [-0.05, 0) is 37.4 Å². The molecule has 0 aliphatic carbocycles. The standard InChI is InChI=1S/C17H20ClN3OS/c1-12-5-4-8-21(9-12)10-13-11-23-17(19-13)20-16(22)14-6-2-3-7-15(14)18/h2-3,6-7,11-12H,4-5,8-10H2,1H3,(H,19,20,22)/t12-/m0/s1. The van der Waals surface area contributed by atoms with E-state index >= 15 is 0 Å². The van der Waals surface area contributed by atoms with E-state index in [9.17, 15) is 4.79 Å². The summed E-state index contributed by atoms with van der Waals surface area (Å²) in [4.78, 5) is 19.2. The summed E-state index contributed by atoms with van der Waals surface area (Å²) in [6.45, 7) is 5.40. The zero-order chi connectivity index (χ0) is 16.2. The fraction of sp³-hybridized carbons (Fsp3) is 0.412. The first-order valence-corrected chi connectivity index (χ1v) is 9.10. The lowest BCUT2D eigenvalue weighted by molar-refractivity contribution is 0.102. The van der Waals surface area contributed by atoms with E-state index in [-0.39, 0.29) is 5.91 Å². The van der Waals surface area contributed by atoms with Gasteiger partial charge in [0.1, 0.15) is 0 Å². The van der Waals surface area contributed by atoms with Crippen molar-refractivity contribution < 1.29 is 4.79 Å². The van der Waals surface area contributed by atoms with Crippen LogP contribution in [-0.2, 0) is 6.54 Å². The average molecular weight is 350 g/mol. The van der Waals surface area contributed by atoms with Gasteiger partial charge < -0.3 is 0 Å². The third kappa shape index (κ3) is 4.31. The fourth-order valence-electron chi connectivity index (χ4n) is 2.91. The zero-order valence-electron chi connectivity index (χ0n) is 13.1. The first kappa shape index (κ1) is 16.4. The van der Waals surface area contributed by atoms with E-state index in [0.29, 0.717) is 15.7 Å². The summed E-state index contributed by atoms with van der Waals surface area (Å²) in [6, 6.07) is 7.02. The van der Waals surface area contributed by atoms with Crippen molar-refractivity contribution in [2.75, 3.05) is 18.4 Å². The lowest BCUT2D eigenvalue weighted by atomic mass is 10.0. The molecular formula is C17H20ClN3OS. The summed E-state index contributed by atoms with van der Waals surface area (Å²) in [6.07, 6.45) is 2.56. The number of nitrogens with one attached hydrogen (secondary N) is 1. The average Bonchev–Trinajstić information content (AvgIpc) is 2.94. The molecule has 122 valence electrons. The van der Waals surface area contributed by atoms with Crippen molar-refractivity contribution in [3.8, 4) is 0 Å². The van der Waals surface area contributed by atoms with Gasteiger partial charge in [-0.2, -0.15) is 0 Å². The number of halogens is 1. The predicted octanol–water partition coefficient (Wildman–Crippen LogP) is 4.28. The SMILES string of the molecule is C[C@H]1CCCN(Cc2csc(NC(=O)c3ccccc3Cl)n2)C1. The van der Waals surface area contributed by atoms with Crippen LogP contribution >= 0.6 is 22.9 Å². The summed E-state index contributed by atoms with van der Waals surface area (Å²) in [5.41, 5.74) is 1.48. The normalized spacial score (nSPS) is 18.8. The van der Waals surface area contributed by atoms with Gasteiger partial charge in [0, 0.05) is 18.5 Å². The van der Waals surface area contributed by atoms with Crippen molar-refractivity contribution in [3.05, 3.63) is 45.9 Å². The Labute approximate surface area is 145 Å². The number of rotatable bonds is 4. The van der Waals surface area contributed by atoms with Crippen LogP contribution in [0.25, 0.3) is 0 Å². The zero-order valence-corrected chi connectivity index (χ0v) is 14.7. The molecule has 0 radical (unpaired) electrons. The monoisotopic (exact) mass is 349 g/mol. The fourth-order valence-corrected chi connectivity index (χ4v) is 3.82. The number of amides is 1. The van der Waals surface area contributed by atoms with Gasteiger partial charge in [-0.25, -0.2) is 4.98 Å². The molecular weight excluding hydrogens is 330 g/mol. The van der Waals surface area contributed by atoms with E-state index in [2.05, 4.69) is 22.1 Å². The quantitative estimate of drug-likeness (QED) is 0.896. The van der Waals surface area contributed by atoms with Crippen LogP contribution in [0.3, 0.4) is 0 Å². The van der Waals surface area contributed by atoms with Crippen LogP contribution in [0.4, 0.5) is 5.13 Å². The van der Waals surface area contributed by atoms with Gasteiger partial charge in [0.2, 0.25) is 0 Å². The number of likely N-dealkylation sites (tertiary alicyclic amines) is 1. The van der Waals surface area contributed by atoms with Crippen LogP contribution < -0.4 is 5.32 Å². The molecule has 2 heterocycles. The number of benzene rings is 1. The molecule has 0 saturated carbocycles. The lowest BCUT2D eigenvalue weighted by Gasteiger charge is -2.30. The van der Waals surface area contributed by atoms with Gasteiger partial charge >= 0.3 is 0 Å². The Balaban J connectivity index is 1.61. The number of carbonyl (C=O) groups is 1. The van der Waals surface area contributed by atoms with Gasteiger partial charge in [-0.15, -0.1) is 11.3 Å². The summed E-state index contributed by atoms with van der Waals surface area (Å²) in [5, 5.41) is 5.91. The maximum absolute atomic E-state index is 12.2. The van der Waals surface area contributed by atoms with E-state index in [1.165, 1.54) is 24.2 Å². The number of carbonyl (C=O) groups excluding carboxylic acids is 1. The predicted molar refractivity (Wildman–Crippen MR) is 95.2 cm³/mol. The Morgan fingerprint density at radius 3 is 3.09 bits per heavy atom. The highest BCUT2D eigenvalue weighted by Crippen LogP contribution is 2.22. The Morgan fingerprint density at radius 2 is 2.30 bits per heavy atom. The molecule has 2 aromatic rings. The Hall–Kier alpha value is -1.43. The van der Waals surface area contributed by atoms with Crippen molar-refractivity contribution in [1.29, 1.82) is 0 Å².